The van der Waals surface area contributed by atoms with E-state index in [1.807, 2.05) is 40.1 Å². The number of hydrogen-bond acceptors (Lipinski definition) is 4. The molecule has 0 radical (unpaired) electrons. The van der Waals surface area contributed by atoms with E-state index < -0.39 is 0 Å². The van der Waals surface area contributed by atoms with Gasteiger partial charge in [0.2, 0.25) is 0 Å². The molecule has 2 fully saturated rings. The molecule has 0 bridgehead atoms. The van der Waals surface area contributed by atoms with E-state index in [-0.39, 0.29) is 0 Å². The van der Waals surface area contributed by atoms with E-state index >= 15 is 0 Å². The summed E-state index contributed by atoms with van der Waals surface area (Å²) in [5, 5.41) is 2.38. The van der Waals surface area contributed by atoms with Crippen LogP contribution in [-0.4, -0.2) is 56.9 Å². The zero-order valence-corrected chi connectivity index (χ0v) is 23.8. The molecule has 0 amide bonds. The van der Waals surface area contributed by atoms with E-state index in [1.54, 1.807) is 0 Å². The lowest BCUT2D eigenvalue weighted by Gasteiger charge is -2.16. The van der Waals surface area contributed by atoms with Crippen molar-refractivity contribution in [3.05, 3.63) is 71.7 Å². The largest absolute Gasteiger partial charge is 0.341 e. The summed E-state index contributed by atoms with van der Waals surface area (Å²) in [7, 11) is 4.33. The third kappa shape index (κ3) is 6.01. The molecule has 0 aliphatic carbocycles. The Morgan fingerprint density at radius 2 is 1.34 bits per heavy atom. The van der Waals surface area contributed by atoms with Crippen LogP contribution >= 0.6 is 0 Å². The number of aromatic nitrogens is 4. The van der Waals surface area contributed by atoms with Gasteiger partial charge in [-0.2, -0.15) is 0 Å². The van der Waals surface area contributed by atoms with E-state index in [4.69, 9.17) is 0 Å². The fourth-order valence-corrected chi connectivity index (χ4v) is 5.36. The molecular formula is C32H42N6. The number of likely N-dealkylation sites (tertiary alicyclic amines) is 2. The van der Waals surface area contributed by atoms with Gasteiger partial charge in [0.25, 0.3) is 0 Å². The second kappa shape index (κ2) is 12.9. The highest BCUT2D eigenvalue weighted by Gasteiger charge is 2.25. The Morgan fingerprint density at radius 1 is 0.737 bits per heavy atom. The summed E-state index contributed by atoms with van der Waals surface area (Å²) < 4.78 is 0. The highest BCUT2D eigenvalue weighted by Crippen LogP contribution is 2.31. The molecule has 2 N–H and O–H groups in total. The Morgan fingerprint density at radius 3 is 2.00 bits per heavy atom. The van der Waals surface area contributed by atoms with Crippen LogP contribution in [-0.2, 0) is 0 Å². The van der Waals surface area contributed by atoms with Crippen molar-refractivity contribution in [2.45, 2.75) is 65.5 Å². The summed E-state index contributed by atoms with van der Waals surface area (Å²) in [4.78, 5) is 20.9. The lowest BCUT2D eigenvalue weighted by molar-refractivity contribution is 0.307. The first kappa shape index (κ1) is 27.6. The zero-order chi connectivity index (χ0) is 27.1. The van der Waals surface area contributed by atoms with Gasteiger partial charge >= 0.3 is 0 Å². The van der Waals surface area contributed by atoms with Crippen LogP contribution in [0.15, 0.2) is 48.8 Å². The van der Waals surface area contributed by atoms with Gasteiger partial charge in [-0.25, -0.2) is 9.97 Å². The molecule has 2 aromatic carbocycles. The number of aromatic amines is 2. The Labute approximate surface area is 227 Å². The number of imidazole rings is 2. The minimum absolute atomic E-state index is 0.385. The topological polar surface area (TPSA) is 63.8 Å². The average molecular weight is 511 g/mol. The van der Waals surface area contributed by atoms with Crippen LogP contribution in [0.3, 0.4) is 0 Å². The quantitative estimate of drug-likeness (QED) is 0.293. The highest BCUT2D eigenvalue weighted by atomic mass is 15.2. The summed E-state index contributed by atoms with van der Waals surface area (Å²) in [6.07, 6.45) is 8.59. The van der Waals surface area contributed by atoms with Crippen LogP contribution in [0.4, 0.5) is 0 Å². The van der Waals surface area contributed by atoms with Crippen LogP contribution in [0.5, 0.6) is 0 Å². The van der Waals surface area contributed by atoms with E-state index in [1.165, 1.54) is 30.0 Å². The molecule has 2 unspecified atom stereocenters. The third-order valence-corrected chi connectivity index (χ3v) is 7.36. The Bertz CT molecular complexity index is 1390. The molecule has 2 saturated heterocycles. The van der Waals surface area contributed by atoms with Gasteiger partial charge < -0.3 is 9.97 Å². The van der Waals surface area contributed by atoms with Crippen molar-refractivity contribution in [3.8, 4) is 23.1 Å². The lowest BCUT2D eigenvalue weighted by atomic mass is 10.0. The van der Waals surface area contributed by atoms with Crippen LogP contribution in [0.1, 0.15) is 88.4 Å². The van der Waals surface area contributed by atoms with Crippen molar-refractivity contribution in [1.29, 1.82) is 0 Å². The van der Waals surface area contributed by atoms with Gasteiger partial charge in [0.05, 0.1) is 30.2 Å². The van der Waals surface area contributed by atoms with E-state index in [9.17, 15) is 0 Å². The van der Waals surface area contributed by atoms with Crippen molar-refractivity contribution < 1.29 is 0 Å². The molecule has 6 heteroatoms. The fourth-order valence-electron chi connectivity index (χ4n) is 5.36. The maximum Gasteiger partial charge on any atom is 0.124 e. The Kier molecular flexibility index (Phi) is 9.38. The van der Waals surface area contributed by atoms with Gasteiger partial charge in [0, 0.05) is 11.1 Å². The number of nitrogens with zero attached hydrogens (tertiary/aromatic N) is 4. The predicted octanol–water partition coefficient (Wildman–Crippen LogP) is 6.94. The number of H-pyrrole nitrogens is 2. The summed E-state index contributed by atoms with van der Waals surface area (Å²) >= 11 is 0. The Balaban J connectivity index is 0.000000804. The molecule has 2 aliphatic rings. The minimum atomic E-state index is 0.385. The molecule has 2 atom stereocenters. The minimum Gasteiger partial charge on any atom is -0.341 e. The number of fused-ring (bicyclic) bond motifs is 1. The van der Waals surface area contributed by atoms with Crippen molar-refractivity contribution in [1.82, 2.24) is 29.7 Å². The highest BCUT2D eigenvalue weighted by molar-refractivity contribution is 5.88. The molecule has 0 saturated carbocycles. The molecule has 6 nitrogen and oxygen atoms in total. The molecule has 4 aromatic rings. The van der Waals surface area contributed by atoms with Crippen molar-refractivity contribution in [3.63, 3.8) is 0 Å². The summed E-state index contributed by atoms with van der Waals surface area (Å²) in [6.45, 7) is 10.3. The zero-order valence-electron chi connectivity index (χ0n) is 23.8. The maximum atomic E-state index is 4.68. The van der Waals surface area contributed by atoms with Gasteiger partial charge in [0.15, 0.2) is 0 Å². The van der Waals surface area contributed by atoms with Gasteiger partial charge in [-0.15, -0.1) is 0 Å². The lowest BCUT2D eigenvalue weighted by Crippen LogP contribution is -2.18. The second-order valence-corrected chi connectivity index (χ2v) is 9.67. The van der Waals surface area contributed by atoms with Gasteiger partial charge in [0.1, 0.15) is 17.3 Å². The molecular weight excluding hydrogens is 468 g/mol. The van der Waals surface area contributed by atoms with Gasteiger partial charge in [-0.05, 0) is 87.8 Å². The van der Waals surface area contributed by atoms with E-state index in [0.29, 0.717) is 12.1 Å². The SMILES string of the molecule is CC.CC.CN1CCCC1c1ncc(C#Cc2ccc3cc(-c4cnc(C5CCCN5C)[nH]4)ccc3c2)[nH]1. The van der Waals surface area contributed by atoms with E-state index in [0.717, 1.165) is 53.7 Å². The fraction of sp³-hybridized carbons (Fsp3) is 0.438. The third-order valence-electron chi connectivity index (χ3n) is 7.36. The van der Waals surface area contributed by atoms with Crippen molar-refractivity contribution in [2.24, 2.45) is 0 Å². The molecule has 38 heavy (non-hydrogen) atoms. The standard InChI is InChI=1S/C28H30N6.2C2H6/c1-33-13-3-5-25(33)27-29-17-23(31-27)12-8-19-7-9-21-16-22(11-10-20(21)15-19)24-18-30-28(32-24)26-6-4-14-34(26)2;2*1-2/h7,9-11,15-18,25-26H,3-6,13-14H2,1-2H3,(H,29,31)(H,30,32);2*1-2H3. The van der Waals surface area contributed by atoms with E-state index in [2.05, 4.69) is 92.1 Å². The second-order valence-electron chi connectivity index (χ2n) is 9.67. The number of benzene rings is 2. The normalized spacial score (nSPS) is 19.3. The smallest absolute Gasteiger partial charge is 0.124 e. The molecule has 6 rings (SSSR count). The van der Waals surface area contributed by atoms with Crippen LogP contribution < -0.4 is 0 Å². The molecule has 200 valence electrons. The number of nitrogens with one attached hydrogen (secondary N) is 2. The monoisotopic (exact) mass is 510 g/mol. The maximum absolute atomic E-state index is 4.68. The predicted molar refractivity (Wildman–Crippen MR) is 158 cm³/mol. The number of hydrogen-bond donors (Lipinski definition) is 2. The Hall–Kier alpha value is -3.40. The molecule has 2 aromatic heterocycles. The van der Waals surface area contributed by atoms with Crippen molar-refractivity contribution >= 4 is 10.8 Å². The summed E-state index contributed by atoms with van der Waals surface area (Å²) in [5.74, 6) is 8.64. The van der Waals surface area contributed by atoms with Crippen molar-refractivity contribution in [2.75, 3.05) is 27.2 Å². The first-order valence-electron chi connectivity index (χ1n) is 14.2. The molecule has 0 spiro atoms. The number of rotatable bonds is 3. The molecule has 2 aliphatic heterocycles. The summed E-state index contributed by atoms with van der Waals surface area (Å²) in [6, 6.07) is 13.7. The van der Waals surface area contributed by atoms with Crippen LogP contribution in [0, 0.1) is 11.8 Å². The average Bonchev–Trinajstić information content (AvgIpc) is 3.77. The molecule has 4 heterocycles. The van der Waals surface area contributed by atoms with Gasteiger partial charge in [-0.1, -0.05) is 51.8 Å². The van der Waals surface area contributed by atoms with Crippen LogP contribution in [0.2, 0.25) is 0 Å². The first-order chi connectivity index (χ1) is 18.6. The van der Waals surface area contributed by atoms with Crippen LogP contribution in [0.25, 0.3) is 22.0 Å². The van der Waals surface area contributed by atoms with Gasteiger partial charge in [-0.3, -0.25) is 9.80 Å². The summed E-state index contributed by atoms with van der Waals surface area (Å²) in [5.41, 5.74) is 4.10. The first-order valence-corrected chi connectivity index (χ1v) is 14.2.